The van der Waals surface area contributed by atoms with E-state index in [-0.39, 0.29) is 17.6 Å². The molecule has 4 heteroatoms. The van der Waals surface area contributed by atoms with Gasteiger partial charge < -0.3 is 9.84 Å². The zero-order valence-corrected chi connectivity index (χ0v) is 12.9. The van der Waals surface area contributed by atoms with Gasteiger partial charge in [-0.05, 0) is 38.0 Å². The molecule has 2 atom stereocenters. The molecule has 0 heterocycles. The molecule has 0 spiro atoms. The van der Waals surface area contributed by atoms with Crippen molar-refractivity contribution in [2.45, 2.75) is 38.4 Å². The van der Waals surface area contributed by atoms with Crippen molar-refractivity contribution in [1.82, 2.24) is 0 Å². The van der Waals surface area contributed by atoms with Gasteiger partial charge in [-0.15, -0.1) is 0 Å². The van der Waals surface area contributed by atoms with Crippen molar-refractivity contribution in [2.75, 3.05) is 4.43 Å². The van der Waals surface area contributed by atoms with E-state index in [1.165, 1.54) is 0 Å². The molecule has 2 bridgehead atoms. The number of alkyl halides is 1. The zero-order chi connectivity index (χ0) is 13.5. The summed E-state index contributed by atoms with van der Waals surface area (Å²) in [6.07, 6.45) is -0.141. The molecule has 18 heavy (non-hydrogen) atoms. The molecule has 0 fully saturated rings. The summed E-state index contributed by atoms with van der Waals surface area (Å²) >= 11 is 2.33. The Bertz CT molecular complexity index is 476. The van der Waals surface area contributed by atoms with E-state index in [0.717, 1.165) is 15.6 Å². The van der Waals surface area contributed by atoms with Gasteiger partial charge in [0.1, 0.15) is 0 Å². The number of fused-ring (bicyclic) bond motifs is 3. The van der Waals surface area contributed by atoms with Crippen LogP contribution in [0.5, 0.6) is 0 Å². The highest BCUT2D eigenvalue weighted by molar-refractivity contribution is 14.1. The molecule has 2 aliphatic rings. The van der Waals surface area contributed by atoms with E-state index in [2.05, 4.69) is 22.6 Å². The van der Waals surface area contributed by atoms with Gasteiger partial charge in [0.05, 0.1) is 17.3 Å². The summed E-state index contributed by atoms with van der Waals surface area (Å²) in [6, 6.07) is 5.68. The van der Waals surface area contributed by atoms with Crippen molar-refractivity contribution in [2.24, 2.45) is 0 Å². The lowest BCUT2D eigenvalue weighted by atomic mass is 9.80. The Balaban J connectivity index is 2.45. The zero-order valence-electron chi connectivity index (χ0n) is 10.7. The van der Waals surface area contributed by atoms with Gasteiger partial charge in [-0.3, -0.25) is 0 Å². The number of hydrogen-bond donors (Lipinski definition) is 1. The summed E-state index contributed by atoms with van der Waals surface area (Å²) in [5.74, 6) is -0.616. The second kappa shape index (κ2) is 4.81. The van der Waals surface area contributed by atoms with Gasteiger partial charge in [-0.2, -0.15) is 0 Å². The highest BCUT2D eigenvalue weighted by atomic mass is 127. The van der Waals surface area contributed by atoms with Gasteiger partial charge in [0.2, 0.25) is 0 Å². The van der Waals surface area contributed by atoms with Gasteiger partial charge in [-0.1, -0.05) is 34.7 Å². The van der Waals surface area contributed by atoms with Crippen LogP contribution in [-0.2, 0) is 4.74 Å². The smallest absolute Gasteiger partial charge is 0.336 e. The molecular weight excluding hydrogens is 343 g/mol. The summed E-state index contributed by atoms with van der Waals surface area (Å²) in [5, 5.41) is 9.24. The minimum Gasteiger partial charge on any atom is -0.478 e. The van der Waals surface area contributed by atoms with Gasteiger partial charge in [0.15, 0.2) is 0 Å². The van der Waals surface area contributed by atoms with Crippen LogP contribution in [0.1, 0.15) is 54.3 Å². The van der Waals surface area contributed by atoms with Gasteiger partial charge >= 0.3 is 5.97 Å². The Morgan fingerprint density at radius 3 is 2.61 bits per heavy atom. The first-order chi connectivity index (χ1) is 8.33. The second-order valence-corrected chi connectivity index (χ2v) is 6.44. The van der Waals surface area contributed by atoms with E-state index < -0.39 is 5.97 Å². The maximum absolute atomic E-state index is 11.3. The molecular formula is C14H17IO3. The van der Waals surface area contributed by atoms with Crippen LogP contribution in [0, 0.1) is 0 Å². The summed E-state index contributed by atoms with van der Waals surface area (Å²) in [4.78, 5) is 11.3. The quantitative estimate of drug-likeness (QED) is 0.659. The van der Waals surface area contributed by atoms with Crippen molar-refractivity contribution in [1.29, 1.82) is 0 Å². The first-order valence-electron chi connectivity index (χ1n) is 5.94. The number of carboxylic acid groups (broad SMARTS) is 1. The van der Waals surface area contributed by atoms with E-state index in [4.69, 9.17) is 4.74 Å². The van der Waals surface area contributed by atoms with Crippen molar-refractivity contribution >= 4 is 28.6 Å². The number of carboxylic acids is 1. The van der Waals surface area contributed by atoms with Crippen LogP contribution >= 0.6 is 22.6 Å². The van der Waals surface area contributed by atoms with Gasteiger partial charge in [0, 0.05) is 10.3 Å². The minimum atomic E-state index is -0.874. The molecule has 0 saturated heterocycles. The number of ether oxygens (including phenoxy) is 1. The monoisotopic (exact) mass is 360 g/mol. The third-order valence-electron chi connectivity index (χ3n) is 3.05. The fourth-order valence-electron chi connectivity index (χ4n) is 2.33. The van der Waals surface area contributed by atoms with Crippen LogP contribution in [0.15, 0.2) is 18.2 Å². The maximum atomic E-state index is 11.3. The SMILES string of the molecule is CC(C)(C)OC1c2ccc(cc2C(=O)O)C1CI. The summed E-state index contributed by atoms with van der Waals surface area (Å²) < 4.78 is 7.00. The fourth-order valence-corrected chi connectivity index (χ4v) is 3.30. The van der Waals surface area contributed by atoms with Crippen LogP contribution < -0.4 is 0 Å². The van der Waals surface area contributed by atoms with Crippen molar-refractivity contribution in [3.05, 3.63) is 34.9 Å². The number of aromatic carboxylic acids is 1. The molecule has 0 aromatic heterocycles. The molecule has 0 radical (unpaired) electrons. The normalized spacial score (nSPS) is 22.2. The molecule has 1 aromatic carbocycles. The number of rotatable bonds is 3. The van der Waals surface area contributed by atoms with Crippen LogP contribution in [0.2, 0.25) is 0 Å². The van der Waals surface area contributed by atoms with Crippen LogP contribution in [0.4, 0.5) is 0 Å². The highest BCUT2D eigenvalue weighted by Crippen LogP contribution is 2.44. The molecule has 98 valence electrons. The lowest BCUT2D eigenvalue weighted by Crippen LogP contribution is -2.31. The molecule has 0 saturated carbocycles. The Hall–Kier alpha value is -0.620. The van der Waals surface area contributed by atoms with Crippen molar-refractivity contribution in [3.8, 4) is 0 Å². The Morgan fingerprint density at radius 1 is 1.44 bits per heavy atom. The molecule has 1 N–H and O–H groups in total. The topological polar surface area (TPSA) is 46.5 Å². The Kier molecular flexibility index (Phi) is 3.69. The average Bonchev–Trinajstić information content (AvgIpc) is 2.27. The van der Waals surface area contributed by atoms with E-state index in [0.29, 0.717) is 5.56 Å². The van der Waals surface area contributed by atoms with E-state index in [9.17, 15) is 9.90 Å². The lowest BCUT2D eigenvalue weighted by molar-refractivity contribution is -0.0724. The number of benzene rings is 1. The highest BCUT2D eigenvalue weighted by Gasteiger charge is 2.36. The van der Waals surface area contributed by atoms with Gasteiger partial charge in [-0.25, -0.2) is 4.79 Å². The molecule has 0 amide bonds. The van der Waals surface area contributed by atoms with Gasteiger partial charge in [0.25, 0.3) is 0 Å². The number of halogens is 1. The summed E-state index contributed by atoms with van der Waals surface area (Å²) in [7, 11) is 0. The third-order valence-corrected chi connectivity index (χ3v) is 4.00. The summed E-state index contributed by atoms with van der Waals surface area (Å²) in [6.45, 7) is 6.00. The number of hydrogen-bond acceptors (Lipinski definition) is 2. The first kappa shape index (κ1) is 13.8. The molecule has 3 rings (SSSR count). The number of carbonyl (C=O) groups is 1. The van der Waals surface area contributed by atoms with Crippen LogP contribution in [0.25, 0.3) is 0 Å². The standard InChI is InChI=1S/C14H17IO3/c1-14(2,3)18-12-9-5-4-8(11(12)7-15)6-10(9)13(16)17/h4-6,11-12H,7H2,1-3H3,(H,16,17). The molecule has 2 unspecified atom stereocenters. The Morgan fingerprint density at radius 2 is 2.11 bits per heavy atom. The summed E-state index contributed by atoms with van der Waals surface area (Å²) in [5.41, 5.74) is 1.96. The van der Waals surface area contributed by atoms with E-state index in [1.807, 2.05) is 32.9 Å². The van der Waals surface area contributed by atoms with Crippen LogP contribution in [-0.4, -0.2) is 21.1 Å². The predicted molar refractivity (Wildman–Crippen MR) is 78.6 cm³/mol. The molecule has 0 aliphatic heterocycles. The predicted octanol–water partition coefficient (Wildman–Crippen LogP) is 3.77. The third kappa shape index (κ3) is 2.54. The average molecular weight is 360 g/mol. The minimum absolute atomic E-state index is 0.141. The largest absolute Gasteiger partial charge is 0.478 e. The van der Waals surface area contributed by atoms with Crippen molar-refractivity contribution < 1.29 is 14.6 Å². The fraction of sp³-hybridized carbons (Fsp3) is 0.500. The van der Waals surface area contributed by atoms with Crippen LogP contribution in [0.3, 0.4) is 0 Å². The van der Waals surface area contributed by atoms with Crippen molar-refractivity contribution in [3.63, 3.8) is 0 Å². The van der Waals surface area contributed by atoms with E-state index >= 15 is 0 Å². The second-order valence-electron chi connectivity index (χ2n) is 5.56. The molecule has 3 nitrogen and oxygen atoms in total. The first-order valence-corrected chi connectivity index (χ1v) is 7.47. The molecule has 1 aromatic rings. The lowest BCUT2D eigenvalue weighted by Gasteiger charge is -2.37. The molecule has 2 aliphatic carbocycles. The maximum Gasteiger partial charge on any atom is 0.336 e. The van der Waals surface area contributed by atoms with E-state index in [1.54, 1.807) is 6.07 Å². The Labute approximate surface area is 121 Å².